The Bertz CT molecular complexity index is 406. The first-order valence-electron chi connectivity index (χ1n) is 6.48. The Morgan fingerprint density at radius 3 is 2.79 bits per heavy atom. The molecule has 1 fully saturated rings. The highest BCUT2D eigenvalue weighted by molar-refractivity contribution is 5.16. The predicted molar refractivity (Wildman–Crippen MR) is 70.8 cm³/mol. The third-order valence-corrected chi connectivity index (χ3v) is 3.60. The van der Waals surface area contributed by atoms with E-state index in [1.54, 1.807) is 18.9 Å². The standard InChI is InChI=1S/C13H23N3O3/c1-13(11-7-14-15(2)8-11)10-16(5-6-19-13)9-12(17-3)18-4/h7-8,12H,5-6,9-10H2,1-4H3. The molecule has 1 aliphatic rings. The maximum Gasteiger partial charge on any atom is 0.169 e. The Hall–Kier alpha value is -0.950. The Morgan fingerprint density at radius 1 is 1.47 bits per heavy atom. The highest BCUT2D eigenvalue weighted by Gasteiger charge is 2.35. The molecule has 1 aromatic rings. The van der Waals surface area contributed by atoms with Crippen LogP contribution in [-0.2, 0) is 26.9 Å². The molecule has 0 N–H and O–H groups in total. The summed E-state index contributed by atoms with van der Waals surface area (Å²) in [5, 5.41) is 4.22. The number of hydrogen-bond donors (Lipinski definition) is 0. The number of hydrogen-bond acceptors (Lipinski definition) is 5. The lowest BCUT2D eigenvalue weighted by Crippen LogP contribution is -2.50. The van der Waals surface area contributed by atoms with Gasteiger partial charge in [-0.05, 0) is 6.92 Å². The van der Waals surface area contributed by atoms with Gasteiger partial charge in [0, 0.05) is 52.7 Å². The molecule has 0 bridgehead atoms. The van der Waals surface area contributed by atoms with Crippen LogP contribution < -0.4 is 0 Å². The molecule has 2 heterocycles. The van der Waals surface area contributed by atoms with Crippen LogP contribution in [0, 0.1) is 0 Å². The zero-order chi connectivity index (χ0) is 13.9. The molecular formula is C13H23N3O3. The molecule has 1 aromatic heterocycles. The summed E-state index contributed by atoms with van der Waals surface area (Å²) in [6.45, 7) is 5.24. The van der Waals surface area contributed by atoms with E-state index in [1.807, 2.05) is 19.4 Å². The van der Waals surface area contributed by atoms with Crippen LogP contribution in [0.4, 0.5) is 0 Å². The van der Waals surface area contributed by atoms with Gasteiger partial charge in [0.25, 0.3) is 0 Å². The van der Waals surface area contributed by atoms with Crippen molar-refractivity contribution in [3.05, 3.63) is 18.0 Å². The zero-order valence-corrected chi connectivity index (χ0v) is 12.1. The van der Waals surface area contributed by atoms with Crippen molar-refractivity contribution < 1.29 is 14.2 Å². The van der Waals surface area contributed by atoms with Crippen LogP contribution >= 0.6 is 0 Å². The van der Waals surface area contributed by atoms with Gasteiger partial charge in [0.1, 0.15) is 5.60 Å². The van der Waals surface area contributed by atoms with E-state index in [9.17, 15) is 0 Å². The maximum absolute atomic E-state index is 5.97. The summed E-state index contributed by atoms with van der Waals surface area (Å²) in [5.74, 6) is 0. The summed E-state index contributed by atoms with van der Waals surface area (Å²) in [4.78, 5) is 2.30. The van der Waals surface area contributed by atoms with Gasteiger partial charge in [-0.25, -0.2) is 0 Å². The Labute approximate surface area is 114 Å². The minimum absolute atomic E-state index is 0.198. The van der Waals surface area contributed by atoms with Crippen LogP contribution in [0.15, 0.2) is 12.4 Å². The average Bonchev–Trinajstić information content (AvgIpc) is 2.83. The number of morpholine rings is 1. The Kier molecular flexibility index (Phi) is 4.57. The molecule has 1 atom stereocenters. The fraction of sp³-hybridized carbons (Fsp3) is 0.769. The van der Waals surface area contributed by atoms with Gasteiger partial charge in [-0.1, -0.05) is 0 Å². The van der Waals surface area contributed by atoms with Crippen molar-refractivity contribution in [3.8, 4) is 0 Å². The fourth-order valence-corrected chi connectivity index (χ4v) is 2.43. The van der Waals surface area contributed by atoms with Gasteiger partial charge in [-0.15, -0.1) is 0 Å². The van der Waals surface area contributed by atoms with E-state index >= 15 is 0 Å². The quantitative estimate of drug-likeness (QED) is 0.732. The van der Waals surface area contributed by atoms with Crippen molar-refractivity contribution in [1.29, 1.82) is 0 Å². The van der Waals surface area contributed by atoms with E-state index < -0.39 is 0 Å². The number of aryl methyl sites for hydroxylation is 1. The molecule has 0 saturated carbocycles. The van der Waals surface area contributed by atoms with Gasteiger partial charge in [-0.3, -0.25) is 9.58 Å². The second-order valence-electron chi connectivity index (χ2n) is 5.12. The van der Waals surface area contributed by atoms with Crippen LogP contribution in [0.25, 0.3) is 0 Å². The van der Waals surface area contributed by atoms with E-state index in [2.05, 4.69) is 16.9 Å². The zero-order valence-electron chi connectivity index (χ0n) is 12.1. The van der Waals surface area contributed by atoms with Gasteiger partial charge in [0.05, 0.1) is 12.8 Å². The molecule has 1 saturated heterocycles. The van der Waals surface area contributed by atoms with Crippen molar-refractivity contribution in [2.45, 2.75) is 18.8 Å². The monoisotopic (exact) mass is 269 g/mol. The summed E-state index contributed by atoms with van der Waals surface area (Å²) in [6, 6.07) is 0. The first-order chi connectivity index (χ1) is 9.07. The normalized spacial score (nSPS) is 25.1. The van der Waals surface area contributed by atoms with Gasteiger partial charge in [0.2, 0.25) is 0 Å². The summed E-state index contributed by atoms with van der Waals surface area (Å²) < 4.78 is 18.3. The van der Waals surface area contributed by atoms with Crippen LogP contribution in [0.2, 0.25) is 0 Å². The third-order valence-electron chi connectivity index (χ3n) is 3.60. The number of nitrogens with zero attached hydrogens (tertiary/aromatic N) is 3. The first-order valence-corrected chi connectivity index (χ1v) is 6.48. The molecular weight excluding hydrogens is 246 g/mol. The SMILES string of the molecule is COC(CN1CCOC(C)(c2cnn(C)c2)C1)OC. The smallest absolute Gasteiger partial charge is 0.169 e. The number of aromatic nitrogens is 2. The molecule has 1 aliphatic heterocycles. The molecule has 0 aliphatic carbocycles. The third kappa shape index (κ3) is 3.33. The largest absolute Gasteiger partial charge is 0.368 e. The molecule has 6 nitrogen and oxygen atoms in total. The first kappa shape index (κ1) is 14.5. The van der Waals surface area contributed by atoms with Gasteiger partial charge in [-0.2, -0.15) is 5.10 Å². The van der Waals surface area contributed by atoms with Crippen molar-refractivity contribution in [2.24, 2.45) is 7.05 Å². The predicted octanol–water partition coefficient (Wildman–Crippen LogP) is 0.586. The van der Waals surface area contributed by atoms with E-state index in [0.29, 0.717) is 6.61 Å². The van der Waals surface area contributed by atoms with Gasteiger partial charge < -0.3 is 14.2 Å². The fourth-order valence-electron chi connectivity index (χ4n) is 2.43. The molecule has 0 radical (unpaired) electrons. The highest BCUT2D eigenvalue weighted by atomic mass is 16.7. The number of ether oxygens (including phenoxy) is 3. The van der Waals surface area contributed by atoms with Crippen molar-refractivity contribution in [2.75, 3.05) is 40.5 Å². The molecule has 0 spiro atoms. The van der Waals surface area contributed by atoms with Gasteiger partial charge >= 0.3 is 0 Å². The van der Waals surface area contributed by atoms with E-state index in [0.717, 1.165) is 25.2 Å². The van der Waals surface area contributed by atoms with Crippen molar-refractivity contribution in [3.63, 3.8) is 0 Å². The van der Waals surface area contributed by atoms with E-state index in [4.69, 9.17) is 14.2 Å². The lowest BCUT2D eigenvalue weighted by molar-refractivity contribution is -0.150. The van der Waals surface area contributed by atoms with Crippen LogP contribution in [0.5, 0.6) is 0 Å². The minimum atomic E-state index is -0.321. The Balaban J connectivity index is 2.03. The summed E-state index contributed by atoms with van der Waals surface area (Å²) in [6.07, 6.45) is 3.68. The van der Waals surface area contributed by atoms with Crippen LogP contribution in [0.3, 0.4) is 0 Å². The van der Waals surface area contributed by atoms with Crippen molar-refractivity contribution >= 4 is 0 Å². The summed E-state index contributed by atoms with van der Waals surface area (Å²) >= 11 is 0. The minimum Gasteiger partial charge on any atom is -0.368 e. The molecule has 19 heavy (non-hydrogen) atoms. The van der Waals surface area contributed by atoms with Crippen molar-refractivity contribution in [1.82, 2.24) is 14.7 Å². The summed E-state index contributed by atoms with van der Waals surface area (Å²) in [7, 11) is 5.24. The second kappa shape index (κ2) is 6.00. The molecule has 108 valence electrons. The lowest BCUT2D eigenvalue weighted by atomic mass is 9.97. The average molecular weight is 269 g/mol. The number of methoxy groups -OCH3 is 2. The highest BCUT2D eigenvalue weighted by Crippen LogP contribution is 2.29. The van der Waals surface area contributed by atoms with Crippen LogP contribution in [0.1, 0.15) is 12.5 Å². The lowest BCUT2D eigenvalue weighted by Gasteiger charge is -2.40. The maximum atomic E-state index is 5.97. The Morgan fingerprint density at radius 2 is 2.21 bits per heavy atom. The van der Waals surface area contributed by atoms with E-state index in [-0.39, 0.29) is 11.9 Å². The van der Waals surface area contributed by atoms with Gasteiger partial charge in [0.15, 0.2) is 6.29 Å². The topological polar surface area (TPSA) is 48.8 Å². The second-order valence-corrected chi connectivity index (χ2v) is 5.12. The molecule has 6 heteroatoms. The molecule has 2 rings (SSSR count). The molecule has 1 unspecified atom stereocenters. The summed E-state index contributed by atoms with van der Waals surface area (Å²) in [5.41, 5.74) is 0.782. The molecule has 0 amide bonds. The van der Waals surface area contributed by atoms with Crippen LogP contribution in [-0.4, -0.2) is 61.4 Å². The number of rotatable bonds is 5. The van der Waals surface area contributed by atoms with E-state index in [1.165, 1.54) is 0 Å². The molecule has 0 aromatic carbocycles.